The SMILES string of the molecule is Cc1ccccc1CC(=O)N1CCCN(C(=O)c2cccc(F)c2)CC1. The number of halogens is 1. The van der Waals surface area contributed by atoms with Gasteiger partial charge in [-0.3, -0.25) is 9.59 Å². The molecule has 26 heavy (non-hydrogen) atoms. The highest BCUT2D eigenvalue weighted by atomic mass is 19.1. The lowest BCUT2D eigenvalue weighted by atomic mass is 10.1. The van der Waals surface area contributed by atoms with Crippen molar-refractivity contribution in [3.63, 3.8) is 0 Å². The zero-order valence-corrected chi connectivity index (χ0v) is 15.0. The third-order valence-corrected chi connectivity index (χ3v) is 4.81. The maximum atomic E-state index is 13.4. The molecule has 0 atom stereocenters. The molecular weight excluding hydrogens is 331 g/mol. The smallest absolute Gasteiger partial charge is 0.254 e. The van der Waals surface area contributed by atoms with E-state index in [9.17, 15) is 14.0 Å². The minimum absolute atomic E-state index is 0.0827. The van der Waals surface area contributed by atoms with Crippen LogP contribution in [0.1, 0.15) is 27.9 Å². The maximum absolute atomic E-state index is 13.4. The normalized spacial score (nSPS) is 14.8. The van der Waals surface area contributed by atoms with E-state index in [2.05, 4.69) is 0 Å². The van der Waals surface area contributed by atoms with Crippen molar-refractivity contribution in [2.75, 3.05) is 26.2 Å². The van der Waals surface area contributed by atoms with Gasteiger partial charge in [0.25, 0.3) is 5.91 Å². The van der Waals surface area contributed by atoms with E-state index in [0.717, 1.165) is 17.5 Å². The van der Waals surface area contributed by atoms with Crippen LogP contribution < -0.4 is 0 Å². The van der Waals surface area contributed by atoms with Crippen LogP contribution in [-0.4, -0.2) is 47.8 Å². The number of carbonyl (C=O) groups excluding carboxylic acids is 2. The molecule has 1 aliphatic rings. The van der Waals surface area contributed by atoms with Crippen LogP contribution in [0.5, 0.6) is 0 Å². The number of benzene rings is 2. The van der Waals surface area contributed by atoms with Crippen LogP contribution in [0.4, 0.5) is 4.39 Å². The summed E-state index contributed by atoms with van der Waals surface area (Å²) in [5.41, 5.74) is 2.50. The Kier molecular flexibility index (Phi) is 5.66. The second-order valence-corrected chi connectivity index (χ2v) is 6.64. The summed E-state index contributed by atoms with van der Waals surface area (Å²) >= 11 is 0. The monoisotopic (exact) mass is 354 g/mol. The molecule has 1 saturated heterocycles. The molecule has 136 valence electrons. The molecule has 1 fully saturated rings. The van der Waals surface area contributed by atoms with Crippen molar-refractivity contribution in [2.45, 2.75) is 19.8 Å². The minimum atomic E-state index is -0.416. The fourth-order valence-corrected chi connectivity index (χ4v) is 3.26. The lowest BCUT2D eigenvalue weighted by molar-refractivity contribution is -0.130. The van der Waals surface area contributed by atoms with Crippen molar-refractivity contribution in [1.82, 2.24) is 9.80 Å². The molecule has 2 aromatic carbocycles. The van der Waals surface area contributed by atoms with Gasteiger partial charge in [0.1, 0.15) is 5.82 Å². The Hall–Kier alpha value is -2.69. The predicted octanol–water partition coefficient (Wildman–Crippen LogP) is 3.05. The Labute approximate surface area is 153 Å². The number of nitrogens with zero attached hydrogens (tertiary/aromatic N) is 2. The summed E-state index contributed by atoms with van der Waals surface area (Å²) in [6, 6.07) is 13.6. The number of carbonyl (C=O) groups is 2. The number of rotatable bonds is 3. The van der Waals surface area contributed by atoms with Crippen LogP contribution in [0.2, 0.25) is 0 Å². The summed E-state index contributed by atoms with van der Waals surface area (Å²) < 4.78 is 13.4. The zero-order chi connectivity index (χ0) is 18.5. The fraction of sp³-hybridized carbons (Fsp3) is 0.333. The second kappa shape index (κ2) is 8.13. The lowest BCUT2D eigenvalue weighted by Crippen LogP contribution is -2.38. The van der Waals surface area contributed by atoms with E-state index in [-0.39, 0.29) is 11.8 Å². The van der Waals surface area contributed by atoms with Gasteiger partial charge >= 0.3 is 0 Å². The van der Waals surface area contributed by atoms with Crippen LogP contribution in [0, 0.1) is 12.7 Å². The fourth-order valence-electron chi connectivity index (χ4n) is 3.26. The van der Waals surface area contributed by atoms with Crippen molar-refractivity contribution in [2.24, 2.45) is 0 Å². The summed E-state index contributed by atoms with van der Waals surface area (Å²) in [6.07, 6.45) is 1.10. The molecule has 5 heteroatoms. The maximum Gasteiger partial charge on any atom is 0.254 e. The summed E-state index contributed by atoms with van der Waals surface area (Å²) in [7, 11) is 0. The first kappa shape index (κ1) is 18.1. The molecule has 3 rings (SSSR count). The average molecular weight is 354 g/mol. The van der Waals surface area contributed by atoms with E-state index in [1.165, 1.54) is 12.1 Å². The Bertz CT molecular complexity index is 806. The number of amides is 2. The number of hydrogen-bond acceptors (Lipinski definition) is 2. The van der Waals surface area contributed by atoms with Gasteiger partial charge in [-0.15, -0.1) is 0 Å². The highest BCUT2D eigenvalue weighted by Gasteiger charge is 2.23. The first-order chi connectivity index (χ1) is 12.5. The molecule has 0 aromatic heterocycles. The van der Waals surface area contributed by atoms with Crippen molar-refractivity contribution >= 4 is 11.8 Å². The topological polar surface area (TPSA) is 40.6 Å². The Morgan fingerprint density at radius 1 is 0.962 bits per heavy atom. The molecule has 1 aliphatic heterocycles. The molecule has 0 bridgehead atoms. The first-order valence-corrected chi connectivity index (χ1v) is 8.92. The highest BCUT2D eigenvalue weighted by molar-refractivity contribution is 5.94. The van der Waals surface area contributed by atoms with E-state index >= 15 is 0 Å². The highest BCUT2D eigenvalue weighted by Crippen LogP contribution is 2.13. The molecule has 0 spiro atoms. The van der Waals surface area contributed by atoms with Gasteiger partial charge in [0.05, 0.1) is 6.42 Å². The van der Waals surface area contributed by atoms with E-state index in [4.69, 9.17) is 0 Å². The Morgan fingerprint density at radius 2 is 1.69 bits per heavy atom. The lowest BCUT2D eigenvalue weighted by Gasteiger charge is -2.22. The van der Waals surface area contributed by atoms with Gasteiger partial charge in [-0.2, -0.15) is 0 Å². The Morgan fingerprint density at radius 3 is 2.46 bits per heavy atom. The summed E-state index contributed by atoms with van der Waals surface area (Å²) in [5, 5.41) is 0. The summed E-state index contributed by atoms with van der Waals surface area (Å²) in [6.45, 7) is 4.19. The molecule has 1 heterocycles. The minimum Gasteiger partial charge on any atom is -0.341 e. The van der Waals surface area contributed by atoms with Crippen LogP contribution in [0.15, 0.2) is 48.5 Å². The molecule has 0 saturated carbocycles. The van der Waals surface area contributed by atoms with Crippen LogP contribution in [0.25, 0.3) is 0 Å². The van der Waals surface area contributed by atoms with Crippen molar-refractivity contribution in [3.8, 4) is 0 Å². The Balaban J connectivity index is 1.62. The van der Waals surface area contributed by atoms with Crippen molar-refractivity contribution in [1.29, 1.82) is 0 Å². The number of hydrogen-bond donors (Lipinski definition) is 0. The molecule has 0 radical (unpaired) electrons. The summed E-state index contributed by atoms with van der Waals surface area (Å²) in [5.74, 6) is -0.516. The third kappa shape index (κ3) is 4.28. The molecular formula is C21H23FN2O2. The first-order valence-electron chi connectivity index (χ1n) is 8.92. The molecule has 2 amide bonds. The van der Waals surface area contributed by atoms with Crippen LogP contribution >= 0.6 is 0 Å². The van der Waals surface area contributed by atoms with Crippen LogP contribution in [-0.2, 0) is 11.2 Å². The van der Waals surface area contributed by atoms with Gasteiger partial charge in [-0.25, -0.2) is 4.39 Å². The van der Waals surface area contributed by atoms with Gasteiger partial charge in [0.15, 0.2) is 0 Å². The molecule has 0 unspecified atom stereocenters. The van der Waals surface area contributed by atoms with E-state index in [1.54, 1.807) is 17.0 Å². The van der Waals surface area contributed by atoms with Gasteiger partial charge < -0.3 is 9.80 Å². The van der Waals surface area contributed by atoms with Crippen molar-refractivity contribution in [3.05, 3.63) is 71.0 Å². The largest absolute Gasteiger partial charge is 0.341 e. The van der Waals surface area contributed by atoms with Gasteiger partial charge in [-0.1, -0.05) is 30.3 Å². The third-order valence-electron chi connectivity index (χ3n) is 4.81. The average Bonchev–Trinajstić information content (AvgIpc) is 2.89. The van der Waals surface area contributed by atoms with Gasteiger partial charge in [-0.05, 0) is 42.7 Å². The standard InChI is InChI=1S/C21H23FN2O2/c1-16-6-2-3-7-17(16)15-20(25)23-10-5-11-24(13-12-23)21(26)18-8-4-9-19(22)14-18/h2-4,6-9,14H,5,10-13,15H2,1H3. The molecule has 0 aliphatic carbocycles. The van der Waals surface area contributed by atoms with Gasteiger partial charge in [0, 0.05) is 31.7 Å². The zero-order valence-electron chi connectivity index (χ0n) is 15.0. The molecule has 0 N–H and O–H groups in total. The van der Waals surface area contributed by atoms with E-state index in [1.807, 2.05) is 36.1 Å². The molecule has 4 nitrogen and oxygen atoms in total. The second-order valence-electron chi connectivity index (χ2n) is 6.64. The van der Waals surface area contributed by atoms with E-state index in [0.29, 0.717) is 38.2 Å². The van der Waals surface area contributed by atoms with E-state index < -0.39 is 5.82 Å². The predicted molar refractivity (Wildman–Crippen MR) is 98.4 cm³/mol. The van der Waals surface area contributed by atoms with Crippen LogP contribution in [0.3, 0.4) is 0 Å². The van der Waals surface area contributed by atoms with Gasteiger partial charge in [0.2, 0.25) is 5.91 Å². The summed E-state index contributed by atoms with van der Waals surface area (Å²) in [4.78, 5) is 28.7. The molecule has 2 aromatic rings. The van der Waals surface area contributed by atoms with Crippen molar-refractivity contribution < 1.29 is 14.0 Å². The quantitative estimate of drug-likeness (QED) is 0.850. The number of aryl methyl sites for hydroxylation is 1.